The summed E-state index contributed by atoms with van der Waals surface area (Å²) in [5.74, 6) is -0.485. The number of hydrogen-bond acceptors (Lipinski definition) is 5. The number of hydrazone groups is 1. The van der Waals surface area contributed by atoms with Gasteiger partial charge in [0, 0.05) is 17.7 Å². The first-order chi connectivity index (χ1) is 10.7. The van der Waals surface area contributed by atoms with Crippen LogP contribution < -0.4 is 15.2 Å². The number of para-hydroxylation sites is 1. The molecule has 3 aromatic rings. The van der Waals surface area contributed by atoms with Gasteiger partial charge in [-0.2, -0.15) is 5.10 Å². The number of benzene rings is 2. The minimum Gasteiger partial charge on any atom is -0.539 e. The summed E-state index contributed by atoms with van der Waals surface area (Å²) in [5.41, 5.74) is 6.39. The molecule has 0 bridgehead atoms. The first-order valence-electron chi connectivity index (χ1n) is 6.74. The Labute approximate surface area is 127 Å². The molecule has 1 aromatic heterocycles. The second-order valence-electron chi connectivity index (χ2n) is 4.69. The van der Waals surface area contributed by atoms with Gasteiger partial charge in [-0.25, -0.2) is 0 Å². The number of nitrogens with one attached hydrogen (secondary N) is 1. The molecule has 0 aliphatic rings. The fourth-order valence-corrected chi connectivity index (χ4v) is 1.95. The smallest absolute Gasteiger partial charge is 0.239 e. The molecule has 1 heterocycles. The molecule has 22 heavy (non-hydrogen) atoms. The molecule has 0 spiro atoms. The van der Waals surface area contributed by atoms with Crippen molar-refractivity contribution in [1.82, 2.24) is 5.27 Å². The lowest BCUT2D eigenvalue weighted by Gasteiger charge is -2.03. The Morgan fingerprint density at radius 3 is 2.73 bits per heavy atom. The molecule has 0 aliphatic heterocycles. The molecule has 2 aromatic carbocycles. The molecule has 1 N–H and O–H groups in total. The van der Waals surface area contributed by atoms with E-state index in [9.17, 15) is 5.11 Å². The molecule has 0 atom stereocenters. The van der Waals surface area contributed by atoms with Crippen molar-refractivity contribution >= 4 is 11.4 Å². The van der Waals surface area contributed by atoms with Gasteiger partial charge in [0.15, 0.2) is 0 Å². The van der Waals surface area contributed by atoms with Crippen molar-refractivity contribution in [2.45, 2.75) is 6.92 Å². The SMILES string of the molecule is C/C(=N\Nc1ccccc1)c1cccc(-[n+]2cc([O-])on2)c1. The Morgan fingerprint density at radius 1 is 1.18 bits per heavy atom. The Balaban J connectivity index is 1.82. The van der Waals surface area contributed by atoms with Crippen LogP contribution in [0.1, 0.15) is 12.5 Å². The second-order valence-corrected chi connectivity index (χ2v) is 4.69. The fraction of sp³-hybridized carbons (Fsp3) is 0.0625. The average Bonchev–Trinajstić information content (AvgIpc) is 3.00. The van der Waals surface area contributed by atoms with E-state index in [-0.39, 0.29) is 0 Å². The molecule has 6 heteroatoms. The average molecular weight is 294 g/mol. The fourth-order valence-electron chi connectivity index (χ4n) is 1.95. The number of aromatic nitrogens is 2. The van der Waals surface area contributed by atoms with Gasteiger partial charge in [0.05, 0.1) is 16.7 Å². The highest BCUT2D eigenvalue weighted by atomic mass is 16.6. The van der Waals surface area contributed by atoms with Crippen LogP contribution in [0.3, 0.4) is 0 Å². The summed E-state index contributed by atoms with van der Waals surface area (Å²) in [6, 6.07) is 17.2. The highest BCUT2D eigenvalue weighted by Gasteiger charge is 2.10. The van der Waals surface area contributed by atoms with Gasteiger partial charge in [-0.05, 0) is 23.7 Å². The molecule has 0 unspecified atom stereocenters. The van der Waals surface area contributed by atoms with Crippen LogP contribution in [-0.4, -0.2) is 11.0 Å². The zero-order chi connectivity index (χ0) is 15.4. The van der Waals surface area contributed by atoms with Crippen molar-refractivity contribution in [2.75, 3.05) is 5.43 Å². The van der Waals surface area contributed by atoms with E-state index in [4.69, 9.17) is 0 Å². The summed E-state index contributed by atoms with van der Waals surface area (Å²) in [6.07, 6.45) is 1.29. The Morgan fingerprint density at radius 2 is 2.00 bits per heavy atom. The summed E-state index contributed by atoms with van der Waals surface area (Å²) >= 11 is 0. The summed E-state index contributed by atoms with van der Waals surface area (Å²) in [6.45, 7) is 1.90. The second kappa shape index (κ2) is 6.09. The molecule has 0 fully saturated rings. The molecule has 0 amide bonds. The summed E-state index contributed by atoms with van der Waals surface area (Å²) < 4.78 is 5.93. The van der Waals surface area contributed by atoms with E-state index in [0.717, 1.165) is 22.6 Å². The maximum Gasteiger partial charge on any atom is 0.239 e. The monoisotopic (exact) mass is 294 g/mol. The Bertz CT molecular complexity index is 797. The van der Waals surface area contributed by atoms with Crippen LogP contribution in [-0.2, 0) is 0 Å². The first kappa shape index (κ1) is 13.8. The van der Waals surface area contributed by atoms with Crippen molar-refractivity contribution in [3.05, 3.63) is 66.4 Å². The molecule has 0 saturated heterocycles. The molecule has 6 nitrogen and oxygen atoms in total. The summed E-state index contributed by atoms with van der Waals surface area (Å²) in [5, 5.41) is 19.1. The zero-order valence-electron chi connectivity index (χ0n) is 11.9. The predicted molar refractivity (Wildman–Crippen MR) is 79.8 cm³/mol. The minimum atomic E-state index is -0.485. The quantitative estimate of drug-likeness (QED) is 0.452. The molecule has 0 radical (unpaired) electrons. The number of anilines is 1. The van der Waals surface area contributed by atoms with Gasteiger partial charge in [0.2, 0.25) is 11.9 Å². The highest BCUT2D eigenvalue weighted by Crippen LogP contribution is 2.09. The molecular formula is C16H14N4O2. The molecule has 110 valence electrons. The van der Waals surface area contributed by atoms with Gasteiger partial charge in [-0.3, -0.25) is 5.43 Å². The van der Waals surface area contributed by atoms with E-state index in [2.05, 4.69) is 20.3 Å². The van der Waals surface area contributed by atoms with E-state index in [1.54, 1.807) is 0 Å². The summed E-state index contributed by atoms with van der Waals surface area (Å²) in [4.78, 5) is 0. The lowest BCUT2D eigenvalue weighted by Crippen LogP contribution is -2.31. The lowest BCUT2D eigenvalue weighted by atomic mass is 10.1. The van der Waals surface area contributed by atoms with E-state index in [1.807, 2.05) is 61.5 Å². The normalized spacial score (nSPS) is 11.4. The van der Waals surface area contributed by atoms with Gasteiger partial charge in [0.25, 0.3) is 0 Å². The Kier molecular flexibility index (Phi) is 3.82. The van der Waals surface area contributed by atoms with Crippen LogP contribution in [0.15, 0.2) is 70.4 Å². The van der Waals surface area contributed by atoms with E-state index in [1.165, 1.54) is 10.9 Å². The minimum absolute atomic E-state index is 0.485. The number of nitrogens with zero attached hydrogens (tertiary/aromatic N) is 3. The van der Waals surface area contributed by atoms with Gasteiger partial charge in [-0.15, -0.1) is 0 Å². The van der Waals surface area contributed by atoms with Crippen LogP contribution in [0.5, 0.6) is 5.95 Å². The highest BCUT2D eigenvalue weighted by molar-refractivity contribution is 5.99. The predicted octanol–water partition coefficient (Wildman–Crippen LogP) is 1.86. The van der Waals surface area contributed by atoms with Crippen molar-refractivity contribution < 1.29 is 14.3 Å². The molecule has 3 rings (SSSR count). The van der Waals surface area contributed by atoms with Gasteiger partial charge in [-0.1, -0.05) is 30.3 Å². The topological polar surface area (TPSA) is 77.4 Å². The molecule has 0 aliphatic carbocycles. The maximum absolute atomic E-state index is 11.1. The maximum atomic E-state index is 11.1. The van der Waals surface area contributed by atoms with Gasteiger partial charge < -0.3 is 9.63 Å². The largest absolute Gasteiger partial charge is 0.539 e. The summed E-state index contributed by atoms with van der Waals surface area (Å²) in [7, 11) is 0. The standard InChI is InChI=1S/C16H14N4O2/c1-12(17-18-14-7-3-2-4-8-14)13-6-5-9-15(10-13)20-11-16(21)22-19-20/h2-11,18H,1H3/b17-12+. The number of rotatable bonds is 4. The van der Waals surface area contributed by atoms with Crippen molar-refractivity contribution in [1.29, 1.82) is 0 Å². The van der Waals surface area contributed by atoms with Crippen molar-refractivity contribution in [3.63, 3.8) is 0 Å². The van der Waals surface area contributed by atoms with Crippen LogP contribution in [0.4, 0.5) is 5.69 Å². The molecule has 0 saturated carbocycles. The van der Waals surface area contributed by atoms with Gasteiger partial charge in [0.1, 0.15) is 5.95 Å². The van der Waals surface area contributed by atoms with Crippen LogP contribution >= 0.6 is 0 Å². The van der Waals surface area contributed by atoms with Crippen LogP contribution in [0, 0.1) is 0 Å². The van der Waals surface area contributed by atoms with Gasteiger partial charge >= 0.3 is 0 Å². The third-order valence-corrected chi connectivity index (χ3v) is 3.10. The van der Waals surface area contributed by atoms with E-state index in [0.29, 0.717) is 0 Å². The molecular weight excluding hydrogens is 280 g/mol. The van der Waals surface area contributed by atoms with Crippen molar-refractivity contribution in [2.24, 2.45) is 5.10 Å². The number of hydrogen-bond donors (Lipinski definition) is 1. The zero-order valence-corrected chi connectivity index (χ0v) is 11.9. The van der Waals surface area contributed by atoms with Crippen LogP contribution in [0.2, 0.25) is 0 Å². The Hall–Kier alpha value is -3.15. The lowest BCUT2D eigenvalue weighted by molar-refractivity contribution is -0.670. The third-order valence-electron chi connectivity index (χ3n) is 3.10. The first-order valence-corrected chi connectivity index (χ1v) is 6.74. The van der Waals surface area contributed by atoms with Crippen molar-refractivity contribution in [3.8, 4) is 11.6 Å². The van der Waals surface area contributed by atoms with E-state index >= 15 is 0 Å². The van der Waals surface area contributed by atoms with Crippen LogP contribution in [0.25, 0.3) is 5.69 Å². The van der Waals surface area contributed by atoms with E-state index < -0.39 is 5.95 Å². The third kappa shape index (κ3) is 3.12.